The van der Waals surface area contributed by atoms with Crippen LogP contribution in [-0.4, -0.2) is 0 Å². The molecule has 0 N–H and O–H groups in total. The minimum absolute atomic E-state index is 1.13. The number of aryl methyl sites for hydroxylation is 2. The molecule has 0 aliphatic heterocycles. The third-order valence-electron chi connectivity index (χ3n) is 7.30. The topological polar surface area (TPSA) is 6.48 Å². The van der Waals surface area contributed by atoms with E-state index in [-0.39, 0.29) is 0 Å². The van der Waals surface area contributed by atoms with Gasteiger partial charge in [-0.05, 0) is 155 Å². The third-order valence-corrected chi connectivity index (χ3v) is 8.64. The molecule has 0 aliphatic rings. The fourth-order valence-electron chi connectivity index (χ4n) is 5.12. The van der Waals surface area contributed by atoms with Gasteiger partial charge in [-0.3, -0.25) is 0 Å². The summed E-state index contributed by atoms with van der Waals surface area (Å²) >= 11 is 4.77. The molecule has 6 aromatic rings. The third kappa shape index (κ3) is 6.40. The Morgan fingerprint density at radius 3 is 0.976 bits per heavy atom. The predicted molar refractivity (Wildman–Crippen MR) is 196 cm³/mol. The molecule has 206 valence electrons. The van der Waals surface area contributed by atoms with Crippen LogP contribution in [0.25, 0.3) is 11.1 Å². The van der Waals surface area contributed by atoms with Crippen LogP contribution in [0.1, 0.15) is 11.1 Å². The number of benzene rings is 6. The van der Waals surface area contributed by atoms with Crippen molar-refractivity contribution in [2.45, 2.75) is 13.8 Å². The van der Waals surface area contributed by atoms with Gasteiger partial charge in [-0.25, -0.2) is 0 Å². The van der Waals surface area contributed by atoms with Gasteiger partial charge in [-0.2, -0.15) is 0 Å². The maximum absolute atomic E-state index is 2.38. The molecule has 0 radical (unpaired) electrons. The lowest BCUT2D eigenvalue weighted by molar-refractivity contribution is 1.27. The maximum Gasteiger partial charge on any atom is 0.0472 e. The van der Waals surface area contributed by atoms with Crippen LogP contribution < -0.4 is 9.80 Å². The van der Waals surface area contributed by atoms with Crippen molar-refractivity contribution in [3.63, 3.8) is 0 Å². The van der Waals surface area contributed by atoms with Crippen LogP contribution in [-0.2, 0) is 0 Å². The quantitative estimate of drug-likeness (QED) is 0.149. The SMILES string of the molecule is Cc1ccc(N(c2ccc(-c3ccc(N(c4ccc(C)cc4)c4cccc(I)c4)cc3)cc2)c2cccc(I)c2)cc1. The van der Waals surface area contributed by atoms with E-state index in [1.165, 1.54) is 29.4 Å². The van der Waals surface area contributed by atoms with Gasteiger partial charge < -0.3 is 9.80 Å². The smallest absolute Gasteiger partial charge is 0.0472 e. The van der Waals surface area contributed by atoms with Gasteiger partial charge in [0.15, 0.2) is 0 Å². The predicted octanol–water partition coefficient (Wildman–Crippen LogP) is 12.1. The van der Waals surface area contributed by atoms with E-state index < -0.39 is 0 Å². The van der Waals surface area contributed by atoms with Crippen molar-refractivity contribution in [1.29, 1.82) is 0 Å². The largest absolute Gasteiger partial charge is 0.310 e. The average molecular weight is 768 g/mol. The molecule has 0 fully saturated rings. The van der Waals surface area contributed by atoms with Crippen LogP contribution in [0.15, 0.2) is 146 Å². The van der Waals surface area contributed by atoms with E-state index in [1.807, 2.05) is 0 Å². The fourth-order valence-corrected chi connectivity index (χ4v) is 6.17. The first-order valence-electron chi connectivity index (χ1n) is 13.9. The highest BCUT2D eigenvalue weighted by molar-refractivity contribution is 14.1. The van der Waals surface area contributed by atoms with Gasteiger partial charge in [0.1, 0.15) is 0 Å². The molecule has 4 heteroatoms. The monoisotopic (exact) mass is 768 g/mol. The zero-order valence-corrected chi connectivity index (χ0v) is 27.8. The molecular weight excluding hydrogens is 738 g/mol. The second-order valence-electron chi connectivity index (χ2n) is 10.4. The summed E-state index contributed by atoms with van der Waals surface area (Å²) in [5.74, 6) is 0. The molecule has 42 heavy (non-hydrogen) atoms. The number of rotatable bonds is 7. The molecule has 0 amide bonds. The Morgan fingerprint density at radius 2 is 0.667 bits per heavy atom. The number of hydrogen-bond acceptors (Lipinski definition) is 2. The van der Waals surface area contributed by atoms with Gasteiger partial charge in [-0.1, -0.05) is 71.8 Å². The van der Waals surface area contributed by atoms with Gasteiger partial charge in [0.05, 0.1) is 0 Å². The first-order chi connectivity index (χ1) is 20.4. The standard InChI is InChI=1S/C38H30I2N2/c1-27-9-17-33(18-10-27)41(37-7-3-5-31(39)25-37)35-21-13-29(14-22-35)30-15-23-36(24-16-30)42(34-19-11-28(2)12-20-34)38-8-4-6-32(40)26-38/h3-26H,1-2H3. The molecule has 0 heterocycles. The van der Waals surface area contributed by atoms with Crippen molar-refractivity contribution in [3.05, 3.63) is 164 Å². The van der Waals surface area contributed by atoms with E-state index in [0.29, 0.717) is 0 Å². The van der Waals surface area contributed by atoms with E-state index in [0.717, 1.165) is 34.1 Å². The number of hydrogen-bond donors (Lipinski definition) is 0. The fraction of sp³-hybridized carbons (Fsp3) is 0.0526. The Hall–Kier alpha value is -3.62. The number of anilines is 6. The summed E-state index contributed by atoms with van der Waals surface area (Å²) in [5.41, 5.74) is 11.7. The maximum atomic E-state index is 2.38. The summed E-state index contributed by atoms with van der Waals surface area (Å²) < 4.78 is 2.42. The lowest BCUT2D eigenvalue weighted by Gasteiger charge is -2.26. The lowest BCUT2D eigenvalue weighted by atomic mass is 10.0. The normalized spacial score (nSPS) is 10.9. The summed E-state index contributed by atoms with van der Waals surface area (Å²) in [6, 6.07) is 52.4. The molecule has 0 atom stereocenters. The van der Waals surface area contributed by atoms with Gasteiger partial charge in [0.25, 0.3) is 0 Å². The van der Waals surface area contributed by atoms with Crippen molar-refractivity contribution < 1.29 is 0 Å². The summed E-state index contributed by atoms with van der Waals surface area (Å²) in [4.78, 5) is 4.63. The summed E-state index contributed by atoms with van der Waals surface area (Å²) in [6.45, 7) is 4.25. The van der Waals surface area contributed by atoms with E-state index in [2.05, 4.69) is 214 Å². The molecule has 0 aliphatic carbocycles. The minimum atomic E-state index is 1.13. The average Bonchev–Trinajstić information content (AvgIpc) is 3.00. The molecule has 0 spiro atoms. The van der Waals surface area contributed by atoms with E-state index in [9.17, 15) is 0 Å². The highest BCUT2D eigenvalue weighted by atomic mass is 127. The second kappa shape index (κ2) is 12.7. The molecule has 0 saturated carbocycles. The van der Waals surface area contributed by atoms with Crippen LogP contribution >= 0.6 is 45.2 Å². The zero-order chi connectivity index (χ0) is 29.1. The van der Waals surface area contributed by atoms with Gasteiger partial charge in [0.2, 0.25) is 0 Å². The minimum Gasteiger partial charge on any atom is -0.310 e. The Labute approximate surface area is 275 Å². The number of halogens is 2. The van der Waals surface area contributed by atoms with Gasteiger partial charge in [0, 0.05) is 41.3 Å². The molecule has 0 saturated heterocycles. The molecule has 6 aromatic carbocycles. The van der Waals surface area contributed by atoms with E-state index in [1.54, 1.807) is 0 Å². The first-order valence-corrected chi connectivity index (χ1v) is 16.1. The van der Waals surface area contributed by atoms with Crippen LogP contribution in [0.4, 0.5) is 34.1 Å². The summed E-state index contributed by atoms with van der Waals surface area (Å²) in [7, 11) is 0. The Balaban J connectivity index is 1.32. The molecule has 6 rings (SSSR count). The van der Waals surface area contributed by atoms with Crippen molar-refractivity contribution in [2.75, 3.05) is 9.80 Å². The summed E-state index contributed by atoms with van der Waals surface area (Å²) in [6.07, 6.45) is 0. The highest BCUT2D eigenvalue weighted by Crippen LogP contribution is 2.38. The number of nitrogens with zero attached hydrogens (tertiary/aromatic N) is 2. The zero-order valence-electron chi connectivity index (χ0n) is 23.5. The van der Waals surface area contributed by atoms with E-state index in [4.69, 9.17) is 0 Å². The lowest BCUT2D eigenvalue weighted by Crippen LogP contribution is -2.10. The van der Waals surface area contributed by atoms with Crippen molar-refractivity contribution in [2.24, 2.45) is 0 Å². The van der Waals surface area contributed by atoms with Gasteiger partial charge >= 0.3 is 0 Å². The Morgan fingerprint density at radius 1 is 0.357 bits per heavy atom. The van der Waals surface area contributed by atoms with Crippen LogP contribution in [0.3, 0.4) is 0 Å². The van der Waals surface area contributed by atoms with Crippen molar-refractivity contribution in [1.82, 2.24) is 0 Å². The van der Waals surface area contributed by atoms with Gasteiger partial charge in [-0.15, -0.1) is 0 Å². The Bertz CT molecular complexity index is 1660. The Kier molecular flexibility index (Phi) is 8.63. The highest BCUT2D eigenvalue weighted by Gasteiger charge is 2.15. The van der Waals surface area contributed by atoms with E-state index >= 15 is 0 Å². The molecular formula is C38H30I2N2. The summed E-state index contributed by atoms with van der Waals surface area (Å²) in [5, 5.41) is 0. The van der Waals surface area contributed by atoms with Crippen LogP contribution in [0, 0.1) is 21.0 Å². The van der Waals surface area contributed by atoms with Crippen molar-refractivity contribution >= 4 is 79.3 Å². The molecule has 2 nitrogen and oxygen atoms in total. The molecule has 0 aromatic heterocycles. The van der Waals surface area contributed by atoms with Crippen LogP contribution in [0.2, 0.25) is 0 Å². The van der Waals surface area contributed by atoms with Crippen molar-refractivity contribution in [3.8, 4) is 11.1 Å². The first kappa shape index (κ1) is 28.5. The van der Waals surface area contributed by atoms with Crippen LogP contribution in [0.5, 0.6) is 0 Å². The molecule has 0 unspecified atom stereocenters. The second-order valence-corrected chi connectivity index (χ2v) is 12.9. The molecule has 0 bridgehead atoms.